The predicted molar refractivity (Wildman–Crippen MR) is 141 cm³/mol. The third kappa shape index (κ3) is 8.74. The number of amides is 3. The molecule has 0 fully saturated rings. The van der Waals surface area contributed by atoms with Crippen LogP contribution in [0.2, 0.25) is 0 Å². The number of carboxylic acid groups (broad SMARTS) is 1. The van der Waals surface area contributed by atoms with Gasteiger partial charge < -0.3 is 48.3 Å². The number of fused-ring (bicyclic) bond motifs is 1. The van der Waals surface area contributed by atoms with Crippen LogP contribution < -0.4 is 33.2 Å². The number of guanidine groups is 1. The first-order chi connectivity index (χ1) is 17.9. The highest BCUT2D eigenvalue weighted by atomic mass is 16.4. The minimum atomic E-state index is -1.26. The number of aliphatic hydroxyl groups is 1. The number of nitrogens with two attached hydrogens (primary N) is 3. The Kier molecular flexibility index (Phi) is 11.0. The van der Waals surface area contributed by atoms with E-state index >= 15 is 0 Å². The summed E-state index contributed by atoms with van der Waals surface area (Å²) in [6.07, 6.45) is 0.950. The van der Waals surface area contributed by atoms with Gasteiger partial charge in [0, 0.05) is 30.1 Å². The summed E-state index contributed by atoms with van der Waals surface area (Å²) in [5.74, 6) is -3.55. The lowest BCUT2D eigenvalue weighted by molar-refractivity contribution is -0.142. The van der Waals surface area contributed by atoms with Crippen LogP contribution in [0, 0.1) is 0 Å². The summed E-state index contributed by atoms with van der Waals surface area (Å²) in [7, 11) is 0. The molecule has 0 bridgehead atoms. The number of nitrogens with one attached hydrogen (secondary N) is 4. The van der Waals surface area contributed by atoms with Crippen LogP contribution in [-0.2, 0) is 25.6 Å². The second-order valence-electron chi connectivity index (χ2n) is 8.97. The maximum absolute atomic E-state index is 13.2. The minimum Gasteiger partial charge on any atom is -0.480 e. The molecule has 1 heterocycles. The number of aliphatic hydroxyl groups excluding tert-OH is 1. The number of hydrogen-bond acceptors (Lipinski definition) is 7. The van der Waals surface area contributed by atoms with Crippen molar-refractivity contribution in [3.63, 3.8) is 0 Å². The van der Waals surface area contributed by atoms with Gasteiger partial charge >= 0.3 is 5.97 Å². The molecule has 14 nitrogen and oxygen atoms in total. The number of aliphatic carboxylic acids is 1. The smallest absolute Gasteiger partial charge is 0.326 e. The molecule has 5 atom stereocenters. The van der Waals surface area contributed by atoms with Gasteiger partial charge in [-0.3, -0.25) is 19.4 Å². The Balaban J connectivity index is 2.20. The van der Waals surface area contributed by atoms with Gasteiger partial charge in [-0.2, -0.15) is 0 Å². The lowest BCUT2D eigenvalue weighted by Crippen LogP contribution is -2.57. The second-order valence-corrected chi connectivity index (χ2v) is 8.97. The maximum Gasteiger partial charge on any atom is 0.326 e. The Morgan fingerprint density at radius 2 is 1.66 bits per heavy atom. The minimum absolute atomic E-state index is 0.0375. The Hall–Kier alpha value is -4.17. The van der Waals surface area contributed by atoms with Crippen LogP contribution in [0.3, 0.4) is 0 Å². The van der Waals surface area contributed by atoms with Crippen LogP contribution in [0.15, 0.2) is 35.5 Å². The number of H-pyrrole nitrogens is 1. The summed E-state index contributed by atoms with van der Waals surface area (Å²) in [4.78, 5) is 57.0. The average molecular weight is 533 g/mol. The van der Waals surface area contributed by atoms with E-state index in [2.05, 4.69) is 25.9 Å². The van der Waals surface area contributed by atoms with Crippen LogP contribution in [0.25, 0.3) is 10.9 Å². The van der Waals surface area contributed by atoms with E-state index in [1.807, 2.05) is 24.3 Å². The zero-order valence-electron chi connectivity index (χ0n) is 21.3. The highest BCUT2D eigenvalue weighted by Gasteiger charge is 2.30. The van der Waals surface area contributed by atoms with Crippen LogP contribution in [0.4, 0.5) is 0 Å². The van der Waals surface area contributed by atoms with Gasteiger partial charge in [0.15, 0.2) is 5.96 Å². The number of aromatic amines is 1. The molecular weight excluding hydrogens is 496 g/mol. The molecule has 0 saturated heterocycles. The molecular formula is C24H36N8O6. The molecule has 0 aliphatic rings. The van der Waals surface area contributed by atoms with Crippen molar-refractivity contribution < 1.29 is 29.4 Å². The Morgan fingerprint density at radius 3 is 2.29 bits per heavy atom. The molecule has 1 aromatic heterocycles. The molecule has 14 heteroatoms. The van der Waals surface area contributed by atoms with Gasteiger partial charge in [-0.05, 0) is 38.3 Å². The summed E-state index contributed by atoms with van der Waals surface area (Å²) < 4.78 is 0. The molecule has 0 radical (unpaired) electrons. The molecule has 3 amide bonds. The van der Waals surface area contributed by atoms with Crippen LogP contribution in [-0.4, -0.2) is 81.7 Å². The molecule has 12 N–H and O–H groups in total. The van der Waals surface area contributed by atoms with Crippen LogP contribution in [0.5, 0.6) is 0 Å². The number of rotatable bonds is 14. The van der Waals surface area contributed by atoms with E-state index in [-0.39, 0.29) is 25.3 Å². The van der Waals surface area contributed by atoms with E-state index in [0.717, 1.165) is 10.9 Å². The predicted octanol–water partition coefficient (Wildman–Crippen LogP) is -1.97. The standard InChI is InChI=1S/C24H36N8O6/c1-12(30-22(36)19(25)13(2)33)20(34)32-18(10-14-11-29-16-7-4-3-6-15(14)16)21(35)31-17(23(37)38)8-5-9-28-24(26)27/h3-4,6-7,11-13,17-19,29,33H,5,8-10,25H2,1-2H3,(H,30,36)(H,31,35)(H,32,34)(H,37,38)(H4,26,27,28). The van der Waals surface area contributed by atoms with E-state index in [0.29, 0.717) is 12.0 Å². The van der Waals surface area contributed by atoms with Crippen molar-refractivity contribution in [1.82, 2.24) is 20.9 Å². The topological polar surface area (TPSA) is 251 Å². The number of nitrogens with zero attached hydrogens (tertiary/aromatic N) is 1. The van der Waals surface area contributed by atoms with Crippen molar-refractivity contribution in [2.75, 3.05) is 6.54 Å². The molecule has 1 aromatic carbocycles. The molecule has 38 heavy (non-hydrogen) atoms. The van der Waals surface area contributed by atoms with Crippen LogP contribution >= 0.6 is 0 Å². The fraction of sp³-hybridized carbons (Fsp3) is 0.458. The van der Waals surface area contributed by atoms with Gasteiger partial charge in [0.1, 0.15) is 24.2 Å². The number of carbonyl (C=O) groups excluding carboxylic acids is 3. The van der Waals surface area contributed by atoms with E-state index < -0.39 is 54.0 Å². The first-order valence-corrected chi connectivity index (χ1v) is 12.1. The number of carboxylic acids is 1. The molecule has 208 valence electrons. The summed E-state index contributed by atoms with van der Waals surface area (Å²) in [6.45, 7) is 2.92. The molecule has 2 aromatic rings. The molecule has 0 saturated carbocycles. The van der Waals surface area contributed by atoms with E-state index in [4.69, 9.17) is 17.2 Å². The van der Waals surface area contributed by atoms with E-state index in [1.165, 1.54) is 13.8 Å². The van der Waals surface area contributed by atoms with Crippen molar-refractivity contribution in [1.29, 1.82) is 0 Å². The van der Waals surface area contributed by atoms with E-state index in [1.54, 1.807) is 6.20 Å². The molecule has 0 aliphatic carbocycles. The Morgan fingerprint density at radius 1 is 1.00 bits per heavy atom. The number of carbonyl (C=O) groups is 4. The van der Waals surface area contributed by atoms with E-state index in [9.17, 15) is 29.4 Å². The summed E-state index contributed by atoms with van der Waals surface area (Å²) in [5.41, 5.74) is 17.7. The third-order valence-electron chi connectivity index (χ3n) is 5.87. The van der Waals surface area contributed by atoms with Gasteiger partial charge in [-0.15, -0.1) is 0 Å². The summed E-state index contributed by atoms with van der Waals surface area (Å²) >= 11 is 0. The van der Waals surface area contributed by atoms with Gasteiger partial charge in [-0.1, -0.05) is 18.2 Å². The summed E-state index contributed by atoms with van der Waals surface area (Å²) in [6, 6.07) is 2.61. The fourth-order valence-electron chi connectivity index (χ4n) is 3.65. The maximum atomic E-state index is 13.2. The van der Waals surface area contributed by atoms with Crippen molar-refractivity contribution in [3.05, 3.63) is 36.0 Å². The van der Waals surface area contributed by atoms with Crippen molar-refractivity contribution >= 4 is 40.6 Å². The third-order valence-corrected chi connectivity index (χ3v) is 5.87. The van der Waals surface area contributed by atoms with Gasteiger partial charge in [0.05, 0.1) is 6.10 Å². The van der Waals surface area contributed by atoms with Crippen molar-refractivity contribution in [3.8, 4) is 0 Å². The highest BCUT2D eigenvalue weighted by Crippen LogP contribution is 2.19. The molecule has 2 rings (SSSR count). The van der Waals surface area contributed by atoms with Crippen molar-refractivity contribution in [2.24, 2.45) is 22.2 Å². The number of hydrogen-bond donors (Lipinski definition) is 9. The number of aliphatic imine (C=N–C) groups is 1. The number of aromatic nitrogens is 1. The second kappa shape index (κ2) is 13.9. The average Bonchev–Trinajstić information content (AvgIpc) is 3.27. The number of para-hydroxylation sites is 1. The first kappa shape index (κ1) is 30.1. The van der Waals surface area contributed by atoms with Gasteiger partial charge in [0.25, 0.3) is 0 Å². The number of benzene rings is 1. The van der Waals surface area contributed by atoms with Crippen LogP contribution in [0.1, 0.15) is 32.3 Å². The zero-order valence-corrected chi connectivity index (χ0v) is 21.3. The summed E-state index contributed by atoms with van der Waals surface area (Å²) in [5, 5.41) is 27.4. The lowest BCUT2D eigenvalue weighted by atomic mass is 10.0. The highest BCUT2D eigenvalue weighted by molar-refractivity contribution is 5.94. The molecule has 0 spiro atoms. The normalized spacial score (nSPS) is 14.9. The molecule has 0 aliphatic heterocycles. The Labute approximate surface area is 219 Å². The Bertz CT molecular complexity index is 1160. The molecule has 5 unspecified atom stereocenters. The van der Waals surface area contributed by atoms with Gasteiger partial charge in [0.2, 0.25) is 17.7 Å². The lowest BCUT2D eigenvalue weighted by Gasteiger charge is -2.24. The fourth-order valence-corrected chi connectivity index (χ4v) is 3.65. The SMILES string of the molecule is CC(NC(=O)C(N)C(C)O)C(=O)NC(Cc1c[nH]c2ccccc12)C(=O)NC(CCCN=C(N)N)C(=O)O. The van der Waals surface area contributed by atoms with Crippen molar-refractivity contribution in [2.45, 2.75) is 63.4 Å². The quantitative estimate of drug-likeness (QED) is 0.0742. The largest absolute Gasteiger partial charge is 0.480 e. The first-order valence-electron chi connectivity index (χ1n) is 12.1. The monoisotopic (exact) mass is 532 g/mol. The van der Waals surface area contributed by atoms with Gasteiger partial charge in [-0.25, -0.2) is 4.79 Å². The zero-order chi connectivity index (χ0) is 28.4.